The number of likely N-dealkylation sites (N-methyl/N-ethyl adjacent to an activating group) is 1. The lowest BCUT2D eigenvalue weighted by molar-refractivity contribution is 0.0930. The summed E-state index contributed by atoms with van der Waals surface area (Å²) in [5, 5.41) is 10.4. The van der Waals surface area contributed by atoms with E-state index in [-0.39, 0.29) is 23.2 Å². The molecule has 6 nitrogen and oxygen atoms in total. The second-order valence-electron chi connectivity index (χ2n) is 6.30. The Morgan fingerprint density at radius 1 is 1.04 bits per heavy atom. The molecule has 2 N–H and O–H groups in total. The molecule has 1 amide bonds. The molecule has 0 aliphatic heterocycles. The third kappa shape index (κ3) is 4.06. The molecule has 1 atom stereocenters. The second-order valence-corrected chi connectivity index (χ2v) is 6.30. The van der Waals surface area contributed by atoms with Crippen LogP contribution in [0.25, 0.3) is 10.8 Å². The van der Waals surface area contributed by atoms with Crippen LogP contribution in [0, 0.1) is 0 Å². The molecule has 0 aliphatic rings. The Labute approximate surface area is 158 Å². The molecule has 0 aliphatic carbocycles. The van der Waals surface area contributed by atoms with Gasteiger partial charge in [0.25, 0.3) is 11.5 Å². The topological polar surface area (TPSA) is 78.1 Å². The highest BCUT2D eigenvalue weighted by atomic mass is 16.2. The summed E-state index contributed by atoms with van der Waals surface area (Å²) in [6.45, 7) is 6.44. The predicted octanol–water partition coefficient (Wildman–Crippen LogP) is 2.74. The van der Waals surface area contributed by atoms with Gasteiger partial charge in [0.2, 0.25) is 0 Å². The molecule has 0 saturated carbocycles. The van der Waals surface area contributed by atoms with Crippen molar-refractivity contribution >= 4 is 16.7 Å². The number of amides is 1. The van der Waals surface area contributed by atoms with Crippen LogP contribution < -0.4 is 10.9 Å². The summed E-state index contributed by atoms with van der Waals surface area (Å²) in [7, 11) is 0. The minimum absolute atomic E-state index is 0.0687. The van der Waals surface area contributed by atoms with Gasteiger partial charge in [0, 0.05) is 11.9 Å². The zero-order chi connectivity index (χ0) is 19.2. The first kappa shape index (κ1) is 18.8. The summed E-state index contributed by atoms with van der Waals surface area (Å²) in [5.74, 6) is -0.296. The minimum Gasteiger partial charge on any atom is -0.349 e. The highest BCUT2D eigenvalue weighted by Gasteiger charge is 2.20. The third-order valence-corrected chi connectivity index (χ3v) is 4.80. The van der Waals surface area contributed by atoms with Crippen molar-refractivity contribution in [1.82, 2.24) is 20.4 Å². The van der Waals surface area contributed by atoms with Gasteiger partial charge in [-0.2, -0.15) is 5.10 Å². The molecule has 3 rings (SSSR count). The first-order chi connectivity index (χ1) is 13.2. The molecule has 0 saturated heterocycles. The number of nitrogens with zero attached hydrogens (tertiary/aromatic N) is 2. The maximum atomic E-state index is 12.8. The van der Waals surface area contributed by atoms with Gasteiger partial charge in [-0.15, -0.1) is 0 Å². The Kier molecular flexibility index (Phi) is 5.98. The average Bonchev–Trinajstić information content (AvgIpc) is 2.72. The molecule has 6 heteroatoms. The molecule has 0 spiro atoms. The normalized spacial score (nSPS) is 12.3. The van der Waals surface area contributed by atoms with Crippen LogP contribution in [0.5, 0.6) is 0 Å². The fourth-order valence-corrected chi connectivity index (χ4v) is 3.36. The van der Waals surface area contributed by atoms with Gasteiger partial charge in [-0.25, -0.2) is 5.10 Å². The smallest absolute Gasteiger partial charge is 0.272 e. The number of carbonyl (C=O) groups is 1. The summed E-state index contributed by atoms with van der Waals surface area (Å²) in [6, 6.07) is 17.2. The van der Waals surface area contributed by atoms with Gasteiger partial charge >= 0.3 is 0 Å². The van der Waals surface area contributed by atoms with E-state index >= 15 is 0 Å². The lowest BCUT2D eigenvalue weighted by Crippen LogP contribution is -2.38. The number of H-pyrrole nitrogens is 1. The Bertz CT molecular complexity index is 965. The average molecular weight is 364 g/mol. The van der Waals surface area contributed by atoms with E-state index in [1.165, 1.54) is 0 Å². The van der Waals surface area contributed by atoms with E-state index in [2.05, 4.69) is 46.4 Å². The van der Waals surface area contributed by atoms with Gasteiger partial charge in [-0.3, -0.25) is 14.5 Å². The number of hydrogen-bond donors (Lipinski definition) is 2. The quantitative estimate of drug-likeness (QED) is 0.676. The monoisotopic (exact) mass is 364 g/mol. The number of aromatic amines is 1. The highest BCUT2D eigenvalue weighted by molar-refractivity contribution is 6.04. The van der Waals surface area contributed by atoms with Gasteiger partial charge in [-0.1, -0.05) is 62.4 Å². The van der Waals surface area contributed by atoms with Crippen molar-refractivity contribution in [2.45, 2.75) is 19.9 Å². The van der Waals surface area contributed by atoms with Crippen molar-refractivity contribution in [2.75, 3.05) is 19.6 Å². The Morgan fingerprint density at radius 2 is 1.67 bits per heavy atom. The van der Waals surface area contributed by atoms with Gasteiger partial charge in [-0.05, 0) is 24.7 Å². The van der Waals surface area contributed by atoms with E-state index in [4.69, 9.17) is 0 Å². The molecule has 0 radical (unpaired) electrons. The lowest BCUT2D eigenvalue weighted by Gasteiger charge is -2.30. The fourth-order valence-electron chi connectivity index (χ4n) is 3.36. The Hall–Kier alpha value is -2.99. The van der Waals surface area contributed by atoms with Gasteiger partial charge in [0.1, 0.15) is 0 Å². The van der Waals surface area contributed by atoms with Crippen molar-refractivity contribution in [3.8, 4) is 0 Å². The zero-order valence-corrected chi connectivity index (χ0v) is 15.6. The molecule has 2 aromatic carbocycles. The Morgan fingerprint density at radius 3 is 2.33 bits per heavy atom. The van der Waals surface area contributed by atoms with Gasteiger partial charge in [0.15, 0.2) is 5.69 Å². The molecule has 0 bridgehead atoms. The zero-order valence-electron chi connectivity index (χ0n) is 15.6. The number of carbonyl (C=O) groups excluding carboxylic acids is 1. The second kappa shape index (κ2) is 8.60. The van der Waals surface area contributed by atoms with Crippen molar-refractivity contribution in [1.29, 1.82) is 0 Å². The van der Waals surface area contributed by atoms with Crippen LogP contribution in [0.2, 0.25) is 0 Å². The molecular weight excluding hydrogens is 340 g/mol. The maximum Gasteiger partial charge on any atom is 0.272 e. The van der Waals surface area contributed by atoms with E-state index in [9.17, 15) is 9.59 Å². The summed E-state index contributed by atoms with van der Waals surface area (Å²) >= 11 is 0. The first-order valence-corrected chi connectivity index (χ1v) is 9.20. The van der Waals surface area contributed by atoms with Crippen LogP contribution in [0.3, 0.4) is 0 Å². The summed E-state index contributed by atoms with van der Waals surface area (Å²) < 4.78 is 0. The van der Waals surface area contributed by atoms with Crippen molar-refractivity contribution < 1.29 is 4.79 Å². The van der Waals surface area contributed by atoms with Crippen LogP contribution >= 0.6 is 0 Å². The molecule has 140 valence electrons. The maximum absolute atomic E-state index is 12.8. The van der Waals surface area contributed by atoms with Crippen LogP contribution in [0.1, 0.15) is 35.9 Å². The molecule has 27 heavy (non-hydrogen) atoms. The van der Waals surface area contributed by atoms with Crippen molar-refractivity contribution in [3.05, 3.63) is 76.2 Å². The summed E-state index contributed by atoms with van der Waals surface area (Å²) in [5.41, 5.74) is 1.09. The fraction of sp³-hybridized carbons (Fsp3) is 0.286. The molecular formula is C21H24N4O2. The number of nitrogens with one attached hydrogen (secondary N) is 2. The summed E-state index contributed by atoms with van der Waals surface area (Å²) in [4.78, 5) is 27.0. The van der Waals surface area contributed by atoms with Crippen molar-refractivity contribution in [2.24, 2.45) is 0 Å². The first-order valence-electron chi connectivity index (χ1n) is 9.20. The van der Waals surface area contributed by atoms with Crippen LogP contribution in [-0.4, -0.2) is 40.6 Å². The predicted molar refractivity (Wildman–Crippen MR) is 107 cm³/mol. The minimum atomic E-state index is -0.299. The highest BCUT2D eigenvalue weighted by Crippen LogP contribution is 2.20. The number of rotatable bonds is 7. The van der Waals surface area contributed by atoms with E-state index in [1.807, 2.05) is 18.2 Å². The van der Waals surface area contributed by atoms with Crippen molar-refractivity contribution in [3.63, 3.8) is 0 Å². The van der Waals surface area contributed by atoms with E-state index < -0.39 is 0 Å². The number of hydrogen-bond acceptors (Lipinski definition) is 4. The van der Waals surface area contributed by atoms with Gasteiger partial charge in [0.05, 0.1) is 11.4 Å². The van der Waals surface area contributed by atoms with E-state index in [1.54, 1.807) is 24.3 Å². The van der Waals surface area contributed by atoms with Gasteiger partial charge < -0.3 is 5.32 Å². The Balaban J connectivity index is 1.85. The van der Waals surface area contributed by atoms with Crippen LogP contribution in [0.15, 0.2) is 59.4 Å². The number of benzene rings is 2. The van der Waals surface area contributed by atoms with E-state index in [0.29, 0.717) is 17.3 Å². The van der Waals surface area contributed by atoms with E-state index in [0.717, 1.165) is 18.7 Å². The largest absolute Gasteiger partial charge is 0.349 e. The number of aromatic nitrogens is 2. The molecule has 0 fully saturated rings. The van der Waals surface area contributed by atoms with Crippen LogP contribution in [-0.2, 0) is 0 Å². The third-order valence-electron chi connectivity index (χ3n) is 4.80. The standard InChI is InChI=1S/C21H24N4O2/c1-3-25(4-2)18(15-10-6-5-7-11-15)14-22-21(27)19-16-12-8-9-13-17(16)20(26)24-23-19/h5-13,18H,3-4,14H2,1-2H3,(H,22,27)(H,24,26)/t18-/m0/s1. The molecule has 0 unspecified atom stereocenters. The molecule has 1 aromatic heterocycles. The summed E-state index contributed by atoms with van der Waals surface area (Å²) in [6.07, 6.45) is 0. The lowest BCUT2D eigenvalue weighted by atomic mass is 10.0. The molecule has 3 aromatic rings. The number of fused-ring (bicyclic) bond motifs is 1. The SMILES string of the molecule is CCN(CC)[C@@H](CNC(=O)c1n[nH]c(=O)c2ccccc12)c1ccccc1. The molecule has 1 heterocycles. The van der Waals surface area contributed by atoms with Crippen LogP contribution in [0.4, 0.5) is 0 Å².